The van der Waals surface area contributed by atoms with Crippen LogP contribution >= 0.6 is 11.6 Å². The molecule has 1 unspecified atom stereocenters. The molecule has 4 nitrogen and oxygen atoms in total. The third-order valence-corrected chi connectivity index (χ3v) is 3.02. The molecule has 2 N–H and O–H groups in total. The smallest absolute Gasteiger partial charge is 0.308 e. The number of carbonyl (C=O) groups excluding carboxylic acids is 1. The Labute approximate surface area is 123 Å². The van der Waals surface area contributed by atoms with Crippen LogP contribution in [0.3, 0.4) is 0 Å². The highest BCUT2D eigenvalue weighted by Crippen LogP contribution is 2.11. The maximum absolute atomic E-state index is 11.6. The van der Waals surface area contributed by atoms with Crippen molar-refractivity contribution in [2.24, 2.45) is 5.92 Å². The first kappa shape index (κ1) is 16.2. The summed E-state index contributed by atoms with van der Waals surface area (Å²) in [6.45, 7) is 2.05. The van der Waals surface area contributed by atoms with Gasteiger partial charge in [0.1, 0.15) is 0 Å². The maximum Gasteiger partial charge on any atom is 0.308 e. The molecule has 0 radical (unpaired) electrons. The van der Waals surface area contributed by atoms with E-state index >= 15 is 0 Å². The summed E-state index contributed by atoms with van der Waals surface area (Å²) in [4.78, 5) is 22.5. The number of halogens is 1. The van der Waals surface area contributed by atoms with Crippen LogP contribution in [0.25, 0.3) is 6.08 Å². The Morgan fingerprint density at radius 1 is 1.45 bits per heavy atom. The number of carboxylic acids is 1. The molecule has 0 heterocycles. The number of carbonyl (C=O) groups is 2. The van der Waals surface area contributed by atoms with Gasteiger partial charge in [0.05, 0.1) is 5.92 Å². The third-order valence-electron chi connectivity index (χ3n) is 2.78. The summed E-state index contributed by atoms with van der Waals surface area (Å²) >= 11 is 5.83. The second-order valence-electron chi connectivity index (χ2n) is 4.46. The fourth-order valence-electron chi connectivity index (χ4n) is 1.73. The highest BCUT2D eigenvalue weighted by molar-refractivity contribution is 6.30. The Balaban J connectivity index is 2.49. The standard InChI is InChI=1S/C15H18ClNO3/c1-2-4-12(15(19)20)10-17-14(18)8-7-11-5-3-6-13(16)9-11/h3,5-9,12H,2,4,10H2,1H3,(H,17,18)(H,19,20). The van der Waals surface area contributed by atoms with Gasteiger partial charge in [-0.15, -0.1) is 0 Å². The molecule has 108 valence electrons. The van der Waals surface area contributed by atoms with Crippen molar-refractivity contribution in [2.75, 3.05) is 6.54 Å². The number of hydrogen-bond donors (Lipinski definition) is 2. The van der Waals surface area contributed by atoms with Gasteiger partial charge in [-0.25, -0.2) is 0 Å². The van der Waals surface area contributed by atoms with E-state index in [1.54, 1.807) is 24.3 Å². The number of hydrogen-bond acceptors (Lipinski definition) is 2. The van der Waals surface area contributed by atoms with Crippen molar-refractivity contribution in [3.63, 3.8) is 0 Å². The molecule has 0 fully saturated rings. The molecule has 0 saturated carbocycles. The number of nitrogens with one attached hydrogen (secondary N) is 1. The predicted octanol–water partition coefficient (Wildman–Crippen LogP) is 2.97. The number of aliphatic carboxylic acids is 1. The molecule has 1 rings (SSSR count). The van der Waals surface area contributed by atoms with Gasteiger partial charge >= 0.3 is 5.97 Å². The molecule has 0 spiro atoms. The third kappa shape index (κ3) is 5.89. The van der Waals surface area contributed by atoms with Crippen LogP contribution in [-0.4, -0.2) is 23.5 Å². The first-order valence-corrected chi connectivity index (χ1v) is 6.85. The van der Waals surface area contributed by atoms with E-state index in [-0.39, 0.29) is 12.5 Å². The molecule has 0 aliphatic rings. The van der Waals surface area contributed by atoms with Crippen LogP contribution in [0.15, 0.2) is 30.3 Å². The fraction of sp³-hybridized carbons (Fsp3) is 0.333. The molecule has 0 aliphatic carbocycles. The summed E-state index contributed by atoms with van der Waals surface area (Å²) in [6.07, 6.45) is 4.33. The van der Waals surface area contributed by atoms with Gasteiger partial charge < -0.3 is 10.4 Å². The minimum absolute atomic E-state index is 0.141. The van der Waals surface area contributed by atoms with Crippen LogP contribution in [0, 0.1) is 5.92 Å². The lowest BCUT2D eigenvalue weighted by atomic mass is 10.0. The molecular weight excluding hydrogens is 278 g/mol. The van der Waals surface area contributed by atoms with Gasteiger partial charge in [0, 0.05) is 17.6 Å². The van der Waals surface area contributed by atoms with Gasteiger partial charge in [-0.05, 0) is 30.2 Å². The van der Waals surface area contributed by atoms with Crippen molar-refractivity contribution >= 4 is 29.6 Å². The van der Waals surface area contributed by atoms with Crippen molar-refractivity contribution in [3.8, 4) is 0 Å². The normalized spacial score (nSPS) is 12.3. The van der Waals surface area contributed by atoms with Gasteiger partial charge in [0.25, 0.3) is 0 Å². The molecule has 20 heavy (non-hydrogen) atoms. The van der Waals surface area contributed by atoms with Crippen molar-refractivity contribution in [2.45, 2.75) is 19.8 Å². The summed E-state index contributed by atoms with van der Waals surface area (Å²) < 4.78 is 0. The summed E-state index contributed by atoms with van der Waals surface area (Å²) in [7, 11) is 0. The van der Waals surface area contributed by atoms with E-state index < -0.39 is 11.9 Å². The molecule has 1 amide bonds. The molecule has 1 aromatic rings. The van der Waals surface area contributed by atoms with Crippen molar-refractivity contribution < 1.29 is 14.7 Å². The van der Waals surface area contributed by atoms with E-state index in [1.807, 2.05) is 13.0 Å². The van der Waals surface area contributed by atoms with Gasteiger partial charge in [0.2, 0.25) is 5.91 Å². The number of benzene rings is 1. The monoisotopic (exact) mass is 295 g/mol. The van der Waals surface area contributed by atoms with Crippen LogP contribution < -0.4 is 5.32 Å². The Morgan fingerprint density at radius 2 is 2.20 bits per heavy atom. The average molecular weight is 296 g/mol. The van der Waals surface area contributed by atoms with Crippen LogP contribution in [0.4, 0.5) is 0 Å². The zero-order valence-corrected chi connectivity index (χ0v) is 12.1. The number of amides is 1. The maximum atomic E-state index is 11.6. The molecule has 1 atom stereocenters. The molecule has 5 heteroatoms. The van der Waals surface area contributed by atoms with Crippen LogP contribution in [0.1, 0.15) is 25.3 Å². The minimum Gasteiger partial charge on any atom is -0.481 e. The molecule has 0 bridgehead atoms. The van der Waals surface area contributed by atoms with Gasteiger partial charge in [-0.2, -0.15) is 0 Å². The van der Waals surface area contributed by atoms with E-state index in [0.29, 0.717) is 11.4 Å². The predicted molar refractivity (Wildman–Crippen MR) is 79.5 cm³/mol. The Bertz CT molecular complexity index is 500. The molecule has 0 aromatic heterocycles. The lowest BCUT2D eigenvalue weighted by Gasteiger charge is -2.10. The molecule has 0 aliphatic heterocycles. The second kappa shape index (κ2) is 8.38. The Kier molecular flexibility index (Phi) is 6.81. The minimum atomic E-state index is -0.883. The fourth-order valence-corrected chi connectivity index (χ4v) is 1.92. The zero-order chi connectivity index (χ0) is 15.0. The summed E-state index contributed by atoms with van der Waals surface area (Å²) in [5, 5.41) is 12.2. The van der Waals surface area contributed by atoms with Crippen molar-refractivity contribution in [3.05, 3.63) is 40.9 Å². The van der Waals surface area contributed by atoms with E-state index in [1.165, 1.54) is 6.08 Å². The average Bonchev–Trinajstić information content (AvgIpc) is 2.41. The van der Waals surface area contributed by atoms with Crippen LogP contribution in [0.2, 0.25) is 5.02 Å². The second-order valence-corrected chi connectivity index (χ2v) is 4.89. The Morgan fingerprint density at radius 3 is 2.80 bits per heavy atom. The quantitative estimate of drug-likeness (QED) is 0.760. The topological polar surface area (TPSA) is 66.4 Å². The van der Waals surface area contributed by atoms with Gasteiger partial charge in [0.15, 0.2) is 0 Å². The van der Waals surface area contributed by atoms with Crippen LogP contribution in [-0.2, 0) is 9.59 Å². The van der Waals surface area contributed by atoms with Gasteiger partial charge in [-0.1, -0.05) is 37.1 Å². The largest absolute Gasteiger partial charge is 0.481 e. The van der Waals surface area contributed by atoms with Crippen LogP contribution in [0.5, 0.6) is 0 Å². The van der Waals surface area contributed by atoms with E-state index in [2.05, 4.69) is 5.32 Å². The zero-order valence-electron chi connectivity index (χ0n) is 11.3. The van der Waals surface area contributed by atoms with Crippen molar-refractivity contribution in [1.82, 2.24) is 5.32 Å². The van der Waals surface area contributed by atoms with E-state index in [4.69, 9.17) is 16.7 Å². The van der Waals surface area contributed by atoms with E-state index in [0.717, 1.165) is 12.0 Å². The Hall–Kier alpha value is -1.81. The number of carboxylic acid groups (broad SMARTS) is 1. The van der Waals surface area contributed by atoms with Gasteiger partial charge in [-0.3, -0.25) is 9.59 Å². The molecular formula is C15H18ClNO3. The first-order valence-electron chi connectivity index (χ1n) is 6.47. The summed E-state index contributed by atoms with van der Waals surface area (Å²) in [5.74, 6) is -1.73. The summed E-state index contributed by atoms with van der Waals surface area (Å²) in [5.41, 5.74) is 0.816. The number of rotatable bonds is 7. The highest BCUT2D eigenvalue weighted by atomic mass is 35.5. The lowest BCUT2D eigenvalue weighted by molar-refractivity contribution is -0.141. The SMILES string of the molecule is CCCC(CNC(=O)C=Cc1cccc(Cl)c1)C(=O)O. The van der Waals surface area contributed by atoms with E-state index in [9.17, 15) is 9.59 Å². The van der Waals surface area contributed by atoms with Crippen molar-refractivity contribution in [1.29, 1.82) is 0 Å². The summed E-state index contributed by atoms with van der Waals surface area (Å²) in [6, 6.07) is 7.11. The first-order chi connectivity index (χ1) is 9.52. The lowest BCUT2D eigenvalue weighted by Crippen LogP contribution is -2.31. The molecule has 1 aromatic carbocycles. The molecule has 0 saturated heterocycles. The highest BCUT2D eigenvalue weighted by Gasteiger charge is 2.16.